The molecule has 0 radical (unpaired) electrons. The van der Waals surface area contributed by atoms with Crippen LogP contribution in [0.25, 0.3) is 0 Å². The van der Waals surface area contributed by atoms with Crippen LogP contribution in [0.2, 0.25) is 0 Å². The van der Waals surface area contributed by atoms with Crippen LogP contribution in [0, 0.1) is 5.92 Å². The van der Waals surface area contributed by atoms with Gasteiger partial charge in [0.15, 0.2) is 0 Å². The van der Waals surface area contributed by atoms with Gasteiger partial charge in [-0.15, -0.1) is 0 Å². The maximum Gasteiger partial charge on any atom is 0.239 e. The van der Waals surface area contributed by atoms with E-state index in [1.165, 1.54) is 25.7 Å². The second kappa shape index (κ2) is 7.10. The molecule has 2 aliphatic rings. The maximum absolute atomic E-state index is 13.0. The summed E-state index contributed by atoms with van der Waals surface area (Å²) < 4.78 is 0. The quantitative estimate of drug-likeness (QED) is 0.846. The standard InChI is InChI=1S/C17H33N3O/c1-5-19(16-8-6-7-15(16)11-18)17(21)14(4)20-12(2)9-10-13(20)3/h12-16H,5-11,18H2,1-4H3. The molecular formula is C17H33N3O. The van der Waals surface area contributed by atoms with E-state index in [-0.39, 0.29) is 6.04 Å². The van der Waals surface area contributed by atoms with Crippen molar-refractivity contribution in [3.05, 3.63) is 0 Å². The Morgan fingerprint density at radius 3 is 2.38 bits per heavy atom. The molecule has 1 amide bonds. The van der Waals surface area contributed by atoms with Gasteiger partial charge in [-0.1, -0.05) is 6.42 Å². The number of amides is 1. The van der Waals surface area contributed by atoms with E-state index in [0.29, 0.717) is 36.5 Å². The minimum atomic E-state index is -0.00326. The molecule has 0 aromatic heterocycles. The van der Waals surface area contributed by atoms with Crippen molar-refractivity contribution in [1.82, 2.24) is 9.80 Å². The number of likely N-dealkylation sites (N-methyl/N-ethyl adjacent to an activating group) is 1. The zero-order chi connectivity index (χ0) is 15.6. The van der Waals surface area contributed by atoms with Crippen molar-refractivity contribution >= 4 is 5.91 Å². The number of carbonyl (C=O) groups excluding carboxylic acids is 1. The van der Waals surface area contributed by atoms with Gasteiger partial charge in [0.1, 0.15) is 0 Å². The Labute approximate surface area is 130 Å². The molecule has 0 aromatic carbocycles. The molecule has 2 fully saturated rings. The summed E-state index contributed by atoms with van der Waals surface area (Å²) in [4.78, 5) is 17.6. The van der Waals surface area contributed by atoms with Crippen LogP contribution in [0.3, 0.4) is 0 Å². The van der Waals surface area contributed by atoms with Crippen molar-refractivity contribution in [3.8, 4) is 0 Å². The summed E-state index contributed by atoms with van der Waals surface area (Å²) in [6, 6.07) is 1.40. The summed E-state index contributed by atoms with van der Waals surface area (Å²) >= 11 is 0. The lowest BCUT2D eigenvalue weighted by Gasteiger charge is -2.38. The summed E-state index contributed by atoms with van der Waals surface area (Å²) in [5.74, 6) is 0.804. The van der Waals surface area contributed by atoms with Crippen molar-refractivity contribution in [3.63, 3.8) is 0 Å². The topological polar surface area (TPSA) is 49.6 Å². The zero-order valence-corrected chi connectivity index (χ0v) is 14.2. The average Bonchev–Trinajstić information content (AvgIpc) is 3.06. The molecule has 4 nitrogen and oxygen atoms in total. The first-order valence-corrected chi connectivity index (χ1v) is 8.79. The van der Waals surface area contributed by atoms with Crippen LogP contribution >= 0.6 is 0 Å². The van der Waals surface area contributed by atoms with E-state index in [4.69, 9.17) is 5.73 Å². The van der Waals surface area contributed by atoms with E-state index in [1.807, 2.05) is 0 Å². The molecule has 0 bridgehead atoms. The zero-order valence-electron chi connectivity index (χ0n) is 14.2. The minimum Gasteiger partial charge on any atom is -0.338 e. The Morgan fingerprint density at radius 1 is 1.24 bits per heavy atom. The predicted molar refractivity (Wildman–Crippen MR) is 87.0 cm³/mol. The highest BCUT2D eigenvalue weighted by atomic mass is 16.2. The average molecular weight is 295 g/mol. The van der Waals surface area contributed by atoms with Gasteiger partial charge < -0.3 is 10.6 Å². The van der Waals surface area contributed by atoms with Gasteiger partial charge in [-0.3, -0.25) is 9.69 Å². The van der Waals surface area contributed by atoms with Crippen LogP contribution in [-0.2, 0) is 4.79 Å². The number of nitrogens with zero attached hydrogens (tertiary/aromatic N) is 2. The molecule has 21 heavy (non-hydrogen) atoms. The highest BCUT2D eigenvalue weighted by Gasteiger charge is 2.39. The molecule has 0 spiro atoms. The summed E-state index contributed by atoms with van der Waals surface area (Å²) in [5, 5.41) is 0. The first-order chi connectivity index (χ1) is 10.0. The van der Waals surface area contributed by atoms with E-state index in [0.717, 1.165) is 13.0 Å². The molecule has 1 saturated heterocycles. The molecular weight excluding hydrogens is 262 g/mol. The van der Waals surface area contributed by atoms with Gasteiger partial charge in [0.2, 0.25) is 5.91 Å². The van der Waals surface area contributed by atoms with Crippen molar-refractivity contribution in [1.29, 1.82) is 0 Å². The third kappa shape index (κ3) is 3.26. The smallest absolute Gasteiger partial charge is 0.239 e. The molecule has 122 valence electrons. The number of likely N-dealkylation sites (tertiary alicyclic amines) is 1. The molecule has 1 aliphatic heterocycles. The Morgan fingerprint density at radius 2 is 1.86 bits per heavy atom. The first kappa shape index (κ1) is 16.8. The van der Waals surface area contributed by atoms with Gasteiger partial charge in [0, 0.05) is 24.7 Å². The Balaban J connectivity index is 2.08. The maximum atomic E-state index is 13.0. The van der Waals surface area contributed by atoms with E-state index in [2.05, 4.69) is 37.5 Å². The Hall–Kier alpha value is -0.610. The lowest BCUT2D eigenvalue weighted by Crippen LogP contribution is -2.54. The van der Waals surface area contributed by atoms with Gasteiger partial charge in [-0.05, 0) is 65.8 Å². The van der Waals surface area contributed by atoms with E-state index < -0.39 is 0 Å². The molecule has 1 heterocycles. The van der Waals surface area contributed by atoms with Crippen molar-refractivity contribution in [2.24, 2.45) is 11.7 Å². The number of rotatable bonds is 5. The normalized spacial score (nSPS) is 35.1. The summed E-state index contributed by atoms with van der Waals surface area (Å²) in [6.07, 6.45) is 5.93. The number of hydrogen-bond donors (Lipinski definition) is 1. The lowest BCUT2D eigenvalue weighted by atomic mass is 10.0. The molecule has 4 heteroatoms. The lowest BCUT2D eigenvalue weighted by molar-refractivity contribution is -0.140. The van der Waals surface area contributed by atoms with Crippen LogP contribution in [0.5, 0.6) is 0 Å². The van der Waals surface area contributed by atoms with Crippen LogP contribution in [0.1, 0.15) is 59.8 Å². The van der Waals surface area contributed by atoms with Gasteiger partial charge >= 0.3 is 0 Å². The molecule has 2 N–H and O–H groups in total. The molecule has 1 aliphatic carbocycles. The van der Waals surface area contributed by atoms with Crippen LogP contribution < -0.4 is 5.73 Å². The van der Waals surface area contributed by atoms with Gasteiger partial charge in [0.05, 0.1) is 6.04 Å². The molecule has 2 rings (SSSR count). The summed E-state index contributed by atoms with van der Waals surface area (Å²) in [6.45, 7) is 10.2. The highest BCUT2D eigenvalue weighted by molar-refractivity contribution is 5.82. The van der Waals surface area contributed by atoms with Crippen molar-refractivity contribution < 1.29 is 4.79 Å². The van der Waals surface area contributed by atoms with Crippen molar-refractivity contribution in [2.45, 2.75) is 84.0 Å². The fourth-order valence-electron chi connectivity index (χ4n) is 4.60. The monoisotopic (exact) mass is 295 g/mol. The fraction of sp³-hybridized carbons (Fsp3) is 0.941. The SMILES string of the molecule is CCN(C(=O)C(C)N1C(C)CCC1C)C1CCCC1CN. The van der Waals surface area contributed by atoms with E-state index in [9.17, 15) is 4.79 Å². The number of nitrogens with two attached hydrogens (primary N) is 1. The van der Waals surface area contributed by atoms with Gasteiger partial charge in [-0.25, -0.2) is 0 Å². The molecule has 0 aromatic rings. The Bertz CT molecular complexity index is 350. The second-order valence-electron chi connectivity index (χ2n) is 7.02. The summed E-state index contributed by atoms with van der Waals surface area (Å²) in [7, 11) is 0. The highest BCUT2D eigenvalue weighted by Crippen LogP contribution is 2.31. The van der Waals surface area contributed by atoms with Crippen LogP contribution in [0.4, 0.5) is 0 Å². The number of carbonyl (C=O) groups is 1. The van der Waals surface area contributed by atoms with Crippen LogP contribution in [0.15, 0.2) is 0 Å². The molecule has 5 atom stereocenters. The third-order valence-electron chi connectivity index (χ3n) is 5.77. The van der Waals surface area contributed by atoms with Crippen molar-refractivity contribution in [2.75, 3.05) is 13.1 Å². The predicted octanol–water partition coefficient (Wildman–Crippen LogP) is 2.22. The molecule has 1 saturated carbocycles. The van der Waals surface area contributed by atoms with E-state index >= 15 is 0 Å². The second-order valence-corrected chi connectivity index (χ2v) is 7.02. The summed E-state index contributed by atoms with van der Waals surface area (Å²) in [5.41, 5.74) is 5.91. The molecule has 5 unspecified atom stereocenters. The fourth-order valence-corrected chi connectivity index (χ4v) is 4.60. The van der Waals surface area contributed by atoms with Gasteiger partial charge in [0.25, 0.3) is 0 Å². The van der Waals surface area contributed by atoms with Gasteiger partial charge in [-0.2, -0.15) is 0 Å². The first-order valence-electron chi connectivity index (χ1n) is 8.79. The van der Waals surface area contributed by atoms with E-state index in [1.54, 1.807) is 0 Å². The minimum absolute atomic E-state index is 0.00326. The van der Waals surface area contributed by atoms with Crippen LogP contribution in [-0.4, -0.2) is 53.0 Å². The third-order valence-corrected chi connectivity index (χ3v) is 5.77. The largest absolute Gasteiger partial charge is 0.338 e. The Kier molecular flexibility index (Phi) is 5.67. The number of hydrogen-bond acceptors (Lipinski definition) is 3.